The van der Waals surface area contributed by atoms with Crippen LogP contribution in [0.5, 0.6) is 0 Å². The van der Waals surface area contributed by atoms with Crippen LogP contribution in [0.4, 0.5) is 0 Å². The number of amides is 2. The molecule has 28 heavy (non-hydrogen) atoms. The van der Waals surface area contributed by atoms with Crippen molar-refractivity contribution in [2.45, 2.75) is 32.0 Å². The highest BCUT2D eigenvalue weighted by Gasteiger charge is 2.37. The van der Waals surface area contributed by atoms with Gasteiger partial charge in [-0.2, -0.15) is 5.10 Å². The van der Waals surface area contributed by atoms with Crippen molar-refractivity contribution in [1.82, 2.24) is 24.5 Å². The fourth-order valence-corrected chi connectivity index (χ4v) is 3.72. The molecule has 1 aromatic rings. The zero-order chi connectivity index (χ0) is 20.3. The molecule has 0 saturated carbocycles. The summed E-state index contributed by atoms with van der Waals surface area (Å²) in [4.78, 5) is 41.8. The summed E-state index contributed by atoms with van der Waals surface area (Å²) in [6.45, 7) is 3.16. The van der Waals surface area contributed by atoms with Gasteiger partial charge in [0.25, 0.3) is 0 Å². The van der Waals surface area contributed by atoms with E-state index in [1.54, 1.807) is 9.80 Å². The molecule has 1 fully saturated rings. The maximum absolute atomic E-state index is 13.2. The Morgan fingerprint density at radius 3 is 2.75 bits per heavy atom. The Balaban J connectivity index is 1.70. The topological polar surface area (TPSA) is 108 Å². The number of carbonyl (C=O) groups excluding carboxylic acids is 2. The van der Waals surface area contributed by atoms with E-state index in [-0.39, 0.29) is 24.8 Å². The minimum Gasteiger partial charge on any atom is -0.481 e. The molecule has 10 nitrogen and oxygen atoms in total. The lowest BCUT2D eigenvalue weighted by Crippen LogP contribution is -2.61. The summed E-state index contributed by atoms with van der Waals surface area (Å²) in [5.41, 5.74) is 1.61. The number of methoxy groups -OCH3 is 1. The number of carboxylic acid groups (broad SMARTS) is 1. The second-order valence-electron chi connectivity index (χ2n) is 7.30. The van der Waals surface area contributed by atoms with Crippen molar-refractivity contribution in [1.29, 1.82) is 0 Å². The van der Waals surface area contributed by atoms with Gasteiger partial charge in [-0.3, -0.25) is 19.1 Å². The van der Waals surface area contributed by atoms with Crippen molar-refractivity contribution in [3.63, 3.8) is 0 Å². The van der Waals surface area contributed by atoms with Gasteiger partial charge >= 0.3 is 5.97 Å². The highest BCUT2D eigenvalue weighted by atomic mass is 16.5. The molecule has 3 rings (SSSR count). The number of hydrogen-bond donors (Lipinski definition) is 1. The average molecular weight is 393 g/mol. The second-order valence-corrected chi connectivity index (χ2v) is 7.30. The Kier molecular flexibility index (Phi) is 6.30. The first-order valence-corrected chi connectivity index (χ1v) is 9.42. The van der Waals surface area contributed by atoms with Crippen LogP contribution in [0, 0.1) is 0 Å². The van der Waals surface area contributed by atoms with Crippen molar-refractivity contribution in [2.75, 3.05) is 46.9 Å². The second kappa shape index (κ2) is 8.70. The SMILES string of the molecule is COCC(=O)N1CCN(C)C[C@H]1C(=O)N1CCn2nc(CCC(=O)O)cc2C1. The lowest BCUT2D eigenvalue weighted by atomic mass is 10.1. The summed E-state index contributed by atoms with van der Waals surface area (Å²) in [5.74, 6) is -1.10. The third-order valence-electron chi connectivity index (χ3n) is 5.21. The predicted molar refractivity (Wildman–Crippen MR) is 98.5 cm³/mol. The van der Waals surface area contributed by atoms with E-state index in [0.717, 1.165) is 17.9 Å². The number of ether oxygens (including phenoxy) is 1. The number of carbonyl (C=O) groups is 3. The van der Waals surface area contributed by atoms with E-state index >= 15 is 0 Å². The van der Waals surface area contributed by atoms with Gasteiger partial charge in [0.05, 0.1) is 30.9 Å². The molecule has 0 unspecified atom stereocenters. The van der Waals surface area contributed by atoms with Gasteiger partial charge in [0.1, 0.15) is 12.6 Å². The number of piperazine rings is 1. The van der Waals surface area contributed by atoms with Crippen molar-refractivity contribution in [3.8, 4) is 0 Å². The van der Waals surface area contributed by atoms with Gasteiger partial charge in [0, 0.05) is 39.7 Å². The van der Waals surface area contributed by atoms with Crippen LogP contribution < -0.4 is 0 Å². The minimum atomic E-state index is -0.856. The van der Waals surface area contributed by atoms with Gasteiger partial charge in [-0.1, -0.05) is 0 Å². The van der Waals surface area contributed by atoms with Crippen LogP contribution in [0.1, 0.15) is 17.8 Å². The van der Waals surface area contributed by atoms with Gasteiger partial charge < -0.3 is 24.5 Å². The molecule has 2 amide bonds. The van der Waals surface area contributed by atoms with E-state index in [4.69, 9.17) is 9.84 Å². The molecule has 0 radical (unpaired) electrons. The molecule has 1 aromatic heterocycles. The summed E-state index contributed by atoms with van der Waals surface area (Å²) in [6, 6.07) is 1.34. The third kappa shape index (κ3) is 4.50. The maximum Gasteiger partial charge on any atom is 0.303 e. The van der Waals surface area contributed by atoms with Gasteiger partial charge in [0.2, 0.25) is 11.8 Å². The van der Waals surface area contributed by atoms with Crippen LogP contribution in [-0.2, 0) is 38.6 Å². The number of fused-ring (bicyclic) bond motifs is 1. The molecule has 1 saturated heterocycles. The van der Waals surface area contributed by atoms with E-state index in [2.05, 4.69) is 10.00 Å². The Morgan fingerprint density at radius 2 is 2.04 bits per heavy atom. The van der Waals surface area contributed by atoms with Gasteiger partial charge in [-0.05, 0) is 13.1 Å². The first-order valence-electron chi connectivity index (χ1n) is 9.42. The van der Waals surface area contributed by atoms with E-state index < -0.39 is 12.0 Å². The van der Waals surface area contributed by atoms with Crippen LogP contribution in [0.15, 0.2) is 6.07 Å². The number of nitrogens with zero attached hydrogens (tertiary/aromatic N) is 5. The zero-order valence-electron chi connectivity index (χ0n) is 16.3. The highest BCUT2D eigenvalue weighted by Crippen LogP contribution is 2.19. The highest BCUT2D eigenvalue weighted by molar-refractivity contribution is 5.88. The molecular formula is C18H27N5O5. The number of rotatable bonds is 6. The van der Waals surface area contributed by atoms with E-state index in [9.17, 15) is 14.4 Å². The molecule has 0 bridgehead atoms. The molecule has 2 aliphatic heterocycles. The fraction of sp³-hybridized carbons (Fsp3) is 0.667. The quantitative estimate of drug-likeness (QED) is 0.663. The van der Waals surface area contributed by atoms with Crippen LogP contribution >= 0.6 is 0 Å². The molecule has 1 N–H and O–H groups in total. The standard InChI is InChI=1S/C18H27N5O5/c1-20-5-7-22(16(24)12-28-2)15(11-20)18(27)21-6-8-23-14(10-21)9-13(19-23)3-4-17(25)26/h9,15H,3-8,10-12H2,1-2H3,(H,25,26)/t15-/m0/s1. The predicted octanol–water partition coefficient (Wildman–Crippen LogP) is -0.968. The number of aromatic nitrogens is 2. The van der Waals surface area contributed by atoms with Crippen molar-refractivity contribution >= 4 is 17.8 Å². The maximum atomic E-state index is 13.2. The smallest absolute Gasteiger partial charge is 0.303 e. The van der Waals surface area contributed by atoms with Crippen LogP contribution in [0.2, 0.25) is 0 Å². The Bertz CT molecular complexity index is 749. The normalized spacial score (nSPS) is 20.1. The zero-order valence-corrected chi connectivity index (χ0v) is 16.3. The first kappa shape index (κ1) is 20.3. The summed E-state index contributed by atoms with van der Waals surface area (Å²) < 4.78 is 6.80. The van der Waals surface area contributed by atoms with E-state index in [0.29, 0.717) is 39.1 Å². The lowest BCUT2D eigenvalue weighted by molar-refractivity contribution is -0.152. The molecule has 154 valence electrons. The van der Waals surface area contributed by atoms with Crippen LogP contribution in [-0.4, -0.2) is 100 Å². The lowest BCUT2D eigenvalue weighted by Gasteiger charge is -2.41. The first-order chi connectivity index (χ1) is 13.4. The Morgan fingerprint density at radius 1 is 1.25 bits per heavy atom. The van der Waals surface area contributed by atoms with Crippen LogP contribution in [0.3, 0.4) is 0 Å². The van der Waals surface area contributed by atoms with Crippen LogP contribution in [0.25, 0.3) is 0 Å². The van der Waals surface area contributed by atoms with Gasteiger partial charge in [-0.15, -0.1) is 0 Å². The molecule has 3 heterocycles. The monoisotopic (exact) mass is 393 g/mol. The number of hydrogen-bond acceptors (Lipinski definition) is 6. The van der Waals surface area contributed by atoms with Crippen molar-refractivity contribution in [2.24, 2.45) is 0 Å². The summed E-state index contributed by atoms with van der Waals surface area (Å²) >= 11 is 0. The van der Waals surface area contributed by atoms with Gasteiger partial charge in [0.15, 0.2) is 0 Å². The van der Waals surface area contributed by atoms with E-state index in [1.165, 1.54) is 7.11 Å². The summed E-state index contributed by atoms with van der Waals surface area (Å²) in [6.07, 6.45) is 0.403. The number of carboxylic acids is 1. The number of aryl methyl sites for hydroxylation is 1. The summed E-state index contributed by atoms with van der Waals surface area (Å²) in [5, 5.41) is 13.3. The minimum absolute atomic E-state index is 0.0318. The molecule has 1 atom stereocenters. The average Bonchev–Trinajstić information content (AvgIpc) is 3.08. The van der Waals surface area contributed by atoms with Crippen molar-refractivity contribution in [3.05, 3.63) is 17.5 Å². The molecule has 0 aliphatic carbocycles. The molecule has 0 spiro atoms. The number of likely N-dealkylation sites (N-methyl/N-ethyl adjacent to an activating group) is 1. The molecule has 10 heteroatoms. The molecule has 2 aliphatic rings. The molecule has 0 aromatic carbocycles. The van der Waals surface area contributed by atoms with Crippen molar-refractivity contribution < 1.29 is 24.2 Å². The van der Waals surface area contributed by atoms with E-state index in [1.807, 2.05) is 17.8 Å². The summed E-state index contributed by atoms with van der Waals surface area (Å²) in [7, 11) is 3.41. The largest absolute Gasteiger partial charge is 0.481 e. The van der Waals surface area contributed by atoms with Gasteiger partial charge in [-0.25, -0.2) is 0 Å². The fourth-order valence-electron chi connectivity index (χ4n) is 3.72. The Hall–Kier alpha value is -2.46. The molecular weight excluding hydrogens is 366 g/mol. The Labute approximate surface area is 163 Å². The third-order valence-corrected chi connectivity index (χ3v) is 5.21. The number of aliphatic carboxylic acids is 1.